The largest absolute Gasteiger partial charge is 0.465 e. The van der Waals surface area contributed by atoms with Crippen molar-refractivity contribution in [3.05, 3.63) is 0 Å². The number of esters is 1. The van der Waals surface area contributed by atoms with Gasteiger partial charge in [0.1, 0.15) is 12.6 Å². The van der Waals surface area contributed by atoms with E-state index < -0.39 is 18.0 Å². The first-order chi connectivity index (χ1) is 9.85. The quantitative estimate of drug-likeness (QED) is 0.641. The van der Waals surface area contributed by atoms with Crippen LogP contribution in [-0.2, 0) is 14.3 Å². The number of hydrogen-bond donors (Lipinski definition) is 2. The van der Waals surface area contributed by atoms with Gasteiger partial charge in [-0.15, -0.1) is 0 Å². The number of nitrogens with two attached hydrogens (primary N) is 1. The molecule has 1 saturated carbocycles. The second-order valence-corrected chi connectivity index (χ2v) is 5.69. The molecule has 0 aromatic rings. The lowest BCUT2D eigenvalue weighted by molar-refractivity contribution is -0.150. The van der Waals surface area contributed by atoms with Crippen LogP contribution in [0.3, 0.4) is 0 Å². The molecule has 1 aliphatic carbocycles. The molecule has 0 radical (unpaired) electrons. The van der Waals surface area contributed by atoms with Crippen LogP contribution < -0.4 is 11.1 Å². The van der Waals surface area contributed by atoms with Gasteiger partial charge >= 0.3 is 12.0 Å². The molecule has 0 heterocycles. The summed E-state index contributed by atoms with van der Waals surface area (Å²) in [5, 5.41) is 2.47. The number of primary amides is 1. The lowest BCUT2D eigenvalue weighted by Crippen LogP contribution is -2.52. The van der Waals surface area contributed by atoms with E-state index in [0.29, 0.717) is 6.42 Å². The minimum Gasteiger partial charge on any atom is -0.465 e. The van der Waals surface area contributed by atoms with Gasteiger partial charge in [-0.1, -0.05) is 13.8 Å². The Hall–Kier alpha value is -1.79. The molecule has 1 rings (SSSR count). The number of nitrogens with one attached hydrogen (secondary N) is 1. The van der Waals surface area contributed by atoms with E-state index in [9.17, 15) is 14.4 Å². The maximum Gasteiger partial charge on any atom is 0.325 e. The van der Waals surface area contributed by atoms with E-state index in [2.05, 4.69) is 5.32 Å². The molecule has 0 aromatic heterocycles. The fourth-order valence-corrected chi connectivity index (χ4v) is 2.18. The summed E-state index contributed by atoms with van der Waals surface area (Å²) < 4.78 is 4.90. The van der Waals surface area contributed by atoms with Gasteiger partial charge in [-0.05, 0) is 32.1 Å². The Kier molecular flexibility index (Phi) is 6.45. The molecule has 1 aliphatic rings. The number of urea groups is 1. The Morgan fingerprint density at radius 2 is 1.95 bits per heavy atom. The first-order valence-electron chi connectivity index (χ1n) is 7.37. The van der Waals surface area contributed by atoms with Gasteiger partial charge in [0.05, 0.1) is 6.61 Å². The second-order valence-electron chi connectivity index (χ2n) is 5.69. The average molecular weight is 299 g/mol. The van der Waals surface area contributed by atoms with Crippen molar-refractivity contribution in [2.45, 2.75) is 52.1 Å². The lowest BCUT2D eigenvalue weighted by Gasteiger charge is -2.27. The highest BCUT2D eigenvalue weighted by Crippen LogP contribution is 2.28. The fraction of sp³-hybridized carbons (Fsp3) is 0.786. The van der Waals surface area contributed by atoms with Crippen molar-refractivity contribution in [3.63, 3.8) is 0 Å². The van der Waals surface area contributed by atoms with E-state index in [1.165, 1.54) is 4.90 Å². The molecule has 3 amide bonds. The molecule has 21 heavy (non-hydrogen) atoms. The molecule has 7 nitrogen and oxygen atoms in total. The number of carbonyl (C=O) groups excluding carboxylic acids is 3. The molecule has 0 bridgehead atoms. The van der Waals surface area contributed by atoms with Crippen LogP contribution in [0.2, 0.25) is 0 Å². The molecule has 0 aliphatic heterocycles. The topological polar surface area (TPSA) is 102 Å². The van der Waals surface area contributed by atoms with Gasteiger partial charge in [0.15, 0.2) is 0 Å². The summed E-state index contributed by atoms with van der Waals surface area (Å²) in [6.07, 6.45) is 2.22. The summed E-state index contributed by atoms with van der Waals surface area (Å²) in [7, 11) is 0. The number of hydrogen-bond acceptors (Lipinski definition) is 4. The second kappa shape index (κ2) is 7.85. The summed E-state index contributed by atoms with van der Waals surface area (Å²) in [6.45, 7) is 5.83. The van der Waals surface area contributed by atoms with Crippen LogP contribution in [0.4, 0.5) is 4.79 Å². The van der Waals surface area contributed by atoms with Crippen molar-refractivity contribution < 1.29 is 19.1 Å². The smallest absolute Gasteiger partial charge is 0.325 e. The van der Waals surface area contributed by atoms with E-state index in [0.717, 1.165) is 12.8 Å². The number of amides is 3. The van der Waals surface area contributed by atoms with Gasteiger partial charge in [-0.2, -0.15) is 0 Å². The van der Waals surface area contributed by atoms with Crippen LogP contribution in [-0.4, -0.2) is 48.0 Å². The van der Waals surface area contributed by atoms with Crippen molar-refractivity contribution in [3.8, 4) is 0 Å². The summed E-state index contributed by atoms with van der Waals surface area (Å²) in [5.41, 5.74) is 5.14. The third-order valence-electron chi connectivity index (χ3n) is 3.20. The Bertz CT molecular complexity index is 394. The predicted octanol–water partition coefficient (Wildman–Crippen LogP) is 0.624. The molecule has 1 unspecified atom stereocenters. The first kappa shape index (κ1) is 17.3. The number of rotatable bonds is 8. The third-order valence-corrected chi connectivity index (χ3v) is 3.20. The van der Waals surface area contributed by atoms with Gasteiger partial charge in [0.2, 0.25) is 5.91 Å². The van der Waals surface area contributed by atoms with Crippen molar-refractivity contribution >= 4 is 17.9 Å². The van der Waals surface area contributed by atoms with Gasteiger partial charge in [0, 0.05) is 6.04 Å². The minimum absolute atomic E-state index is 0.0613. The summed E-state index contributed by atoms with van der Waals surface area (Å²) in [5.74, 6) is -0.479. The summed E-state index contributed by atoms with van der Waals surface area (Å²) in [4.78, 5) is 36.8. The van der Waals surface area contributed by atoms with E-state index in [4.69, 9.17) is 10.5 Å². The number of ether oxygens (including phenoxy) is 1. The maximum atomic E-state index is 12.6. The van der Waals surface area contributed by atoms with Crippen molar-refractivity contribution in [2.24, 2.45) is 11.7 Å². The van der Waals surface area contributed by atoms with Crippen molar-refractivity contribution in [1.82, 2.24) is 10.2 Å². The van der Waals surface area contributed by atoms with Crippen LogP contribution in [0.25, 0.3) is 0 Å². The van der Waals surface area contributed by atoms with E-state index in [1.807, 2.05) is 13.8 Å². The molecule has 7 heteroatoms. The Morgan fingerprint density at radius 1 is 1.33 bits per heavy atom. The van der Waals surface area contributed by atoms with E-state index in [-0.39, 0.29) is 31.0 Å². The minimum atomic E-state index is -0.735. The average Bonchev–Trinajstić information content (AvgIpc) is 3.17. The van der Waals surface area contributed by atoms with Gasteiger partial charge in [-0.25, -0.2) is 4.79 Å². The molecular weight excluding hydrogens is 274 g/mol. The van der Waals surface area contributed by atoms with Crippen LogP contribution in [0.1, 0.15) is 40.0 Å². The van der Waals surface area contributed by atoms with Gasteiger partial charge in [0.25, 0.3) is 0 Å². The maximum absolute atomic E-state index is 12.6. The third kappa shape index (κ3) is 6.01. The molecule has 0 aromatic carbocycles. The molecule has 3 N–H and O–H groups in total. The summed E-state index contributed by atoms with van der Waals surface area (Å²) >= 11 is 0. The zero-order valence-corrected chi connectivity index (χ0v) is 12.9. The van der Waals surface area contributed by atoms with Crippen molar-refractivity contribution in [1.29, 1.82) is 0 Å². The first-order valence-corrected chi connectivity index (χ1v) is 7.37. The van der Waals surface area contributed by atoms with Crippen LogP contribution >= 0.6 is 0 Å². The van der Waals surface area contributed by atoms with E-state index in [1.54, 1.807) is 6.92 Å². The lowest BCUT2D eigenvalue weighted by atomic mass is 10.0. The highest BCUT2D eigenvalue weighted by molar-refractivity contribution is 5.89. The normalized spacial score (nSPS) is 15.4. The molecule has 0 spiro atoms. The zero-order valence-electron chi connectivity index (χ0n) is 12.9. The van der Waals surface area contributed by atoms with E-state index >= 15 is 0 Å². The SMILES string of the molecule is CCOC(=O)CN(C(=O)C(CC(C)C)NC(N)=O)C1CC1. The molecule has 0 saturated heterocycles. The number of nitrogens with zero attached hydrogens (tertiary/aromatic N) is 1. The summed E-state index contributed by atoms with van der Waals surface area (Å²) in [6, 6.07) is -1.37. The van der Waals surface area contributed by atoms with Crippen LogP contribution in [0, 0.1) is 5.92 Å². The molecule has 120 valence electrons. The standard InChI is InChI=1S/C14H25N3O4/c1-4-21-12(18)8-17(10-5-6-10)13(19)11(7-9(2)3)16-14(15)20/h9-11H,4-8H2,1-3H3,(H3,15,16,20). The van der Waals surface area contributed by atoms with Crippen LogP contribution in [0.5, 0.6) is 0 Å². The zero-order chi connectivity index (χ0) is 16.0. The highest BCUT2D eigenvalue weighted by Gasteiger charge is 2.37. The molecule has 1 fully saturated rings. The fourth-order valence-electron chi connectivity index (χ4n) is 2.18. The van der Waals surface area contributed by atoms with Crippen molar-refractivity contribution in [2.75, 3.05) is 13.2 Å². The molecule has 1 atom stereocenters. The Morgan fingerprint density at radius 3 is 2.38 bits per heavy atom. The highest BCUT2D eigenvalue weighted by atomic mass is 16.5. The monoisotopic (exact) mass is 299 g/mol. The Labute approximate surface area is 125 Å². The van der Waals surface area contributed by atoms with Gasteiger partial charge in [-0.3, -0.25) is 9.59 Å². The molecular formula is C14H25N3O4. The predicted molar refractivity (Wildman–Crippen MR) is 77.3 cm³/mol. The van der Waals surface area contributed by atoms with Gasteiger partial charge < -0.3 is 20.7 Å². The Balaban J connectivity index is 2.75. The number of carbonyl (C=O) groups is 3. The van der Waals surface area contributed by atoms with Crippen LogP contribution in [0.15, 0.2) is 0 Å².